The summed E-state index contributed by atoms with van der Waals surface area (Å²) in [5, 5.41) is 0.807. The van der Waals surface area contributed by atoms with Crippen molar-refractivity contribution in [2.75, 3.05) is 25.0 Å². The molecule has 0 radical (unpaired) electrons. The second kappa shape index (κ2) is 6.48. The van der Waals surface area contributed by atoms with Gasteiger partial charge in [-0.05, 0) is 12.3 Å². The van der Waals surface area contributed by atoms with Gasteiger partial charge in [-0.15, -0.1) is 0 Å². The highest BCUT2D eigenvalue weighted by Gasteiger charge is 2.22. The summed E-state index contributed by atoms with van der Waals surface area (Å²) >= 11 is 3.39. The van der Waals surface area contributed by atoms with Gasteiger partial charge in [-0.3, -0.25) is 4.79 Å². The molecule has 0 aliphatic carbocycles. The van der Waals surface area contributed by atoms with Crippen LogP contribution in [0, 0.1) is 5.92 Å². The summed E-state index contributed by atoms with van der Waals surface area (Å²) in [5.74, 6) is 0.875. The average Bonchev–Trinajstić information content (AvgIpc) is 2.26. The van der Waals surface area contributed by atoms with Crippen molar-refractivity contribution in [3.8, 4) is 0 Å². The molecule has 1 fully saturated rings. The zero-order chi connectivity index (χ0) is 11.3. The van der Waals surface area contributed by atoms with Crippen LogP contribution < -0.4 is 0 Å². The van der Waals surface area contributed by atoms with Crippen molar-refractivity contribution in [3.63, 3.8) is 0 Å². The molecule has 0 aromatic carbocycles. The number of ether oxygens (including phenoxy) is 1. The Morgan fingerprint density at radius 3 is 2.93 bits per heavy atom. The van der Waals surface area contributed by atoms with Crippen LogP contribution in [0.2, 0.25) is 0 Å². The zero-order valence-corrected chi connectivity index (χ0v) is 11.1. The van der Waals surface area contributed by atoms with E-state index in [1.165, 1.54) is 0 Å². The minimum Gasteiger partial charge on any atom is -0.374 e. The molecular weight excluding hydrogens is 258 g/mol. The first kappa shape index (κ1) is 13.0. The SMILES string of the molecule is CC(C)CCC(=O)N1CCOC(CBr)C1. The van der Waals surface area contributed by atoms with Gasteiger partial charge in [0.1, 0.15) is 0 Å². The molecule has 0 N–H and O–H groups in total. The second-order valence-corrected chi connectivity index (χ2v) is 5.07. The summed E-state index contributed by atoms with van der Waals surface area (Å²) in [5.41, 5.74) is 0. The summed E-state index contributed by atoms with van der Waals surface area (Å²) in [6.45, 7) is 6.45. The van der Waals surface area contributed by atoms with Crippen LogP contribution in [0.3, 0.4) is 0 Å². The van der Waals surface area contributed by atoms with Crippen LogP contribution in [0.1, 0.15) is 26.7 Å². The van der Waals surface area contributed by atoms with Crippen LogP contribution >= 0.6 is 15.9 Å². The highest BCUT2D eigenvalue weighted by atomic mass is 79.9. The lowest BCUT2D eigenvalue weighted by atomic mass is 10.1. The Balaban J connectivity index is 2.32. The van der Waals surface area contributed by atoms with Crippen LogP contribution in [-0.2, 0) is 9.53 Å². The highest BCUT2D eigenvalue weighted by molar-refractivity contribution is 9.09. The second-order valence-electron chi connectivity index (χ2n) is 4.42. The summed E-state index contributed by atoms with van der Waals surface area (Å²) < 4.78 is 5.49. The number of halogens is 1. The average molecular weight is 278 g/mol. The third kappa shape index (κ3) is 4.51. The van der Waals surface area contributed by atoms with Gasteiger partial charge in [0, 0.05) is 24.8 Å². The number of nitrogens with zero attached hydrogens (tertiary/aromatic N) is 1. The fraction of sp³-hybridized carbons (Fsp3) is 0.909. The molecule has 0 aromatic rings. The number of hydrogen-bond acceptors (Lipinski definition) is 2. The van der Waals surface area contributed by atoms with E-state index in [2.05, 4.69) is 29.8 Å². The molecule has 4 heteroatoms. The van der Waals surface area contributed by atoms with Crippen LogP contribution in [0.4, 0.5) is 0 Å². The van der Waals surface area contributed by atoms with Crippen molar-refractivity contribution in [2.24, 2.45) is 5.92 Å². The molecule has 1 aliphatic heterocycles. The number of alkyl halides is 1. The molecule has 1 unspecified atom stereocenters. The van der Waals surface area contributed by atoms with Gasteiger partial charge in [0.25, 0.3) is 0 Å². The van der Waals surface area contributed by atoms with Crippen molar-refractivity contribution in [1.29, 1.82) is 0 Å². The normalized spacial score (nSPS) is 22.1. The summed E-state index contributed by atoms with van der Waals surface area (Å²) in [6, 6.07) is 0. The number of amides is 1. The fourth-order valence-corrected chi connectivity index (χ4v) is 2.00. The molecule has 1 rings (SSSR count). The highest BCUT2D eigenvalue weighted by Crippen LogP contribution is 2.11. The van der Waals surface area contributed by atoms with Gasteiger partial charge in [-0.2, -0.15) is 0 Å². The molecule has 0 spiro atoms. The molecule has 88 valence electrons. The third-order valence-corrected chi connectivity index (χ3v) is 3.32. The van der Waals surface area contributed by atoms with E-state index in [1.807, 2.05) is 4.90 Å². The molecule has 1 atom stereocenters. The molecule has 3 nitrogen and oxygen atoms in total. The van der Waals surface area contributed by atoms with E-state index in [0.717, 1.165) is 24.8 Å². The third-order valence-electron chi connectivity index (χ3n) is 2.60. The maximum absolute atomic E-state index is 11.8. The van der Waals surface area contributed by atoms with Gasteiger partial charge in [0.05, 0.1) is 12.7 Å². The lowest BCUT2D eigenvalue weighted by Gasteiger charge is -2.32. The predicted octanol–water partition coefficient (Wildman–Crippen LogP) is 2.04. The van der Waals surface area contributed by atoms with Crippen molar-refractivity contribution in [3.05, 3.63) is 0 Å². The van der Waals surface area contributed by atoms with E-state index < -0.39 is 0 Å². The van der Waals surface area contributed by atoms with Gasteiger partial charge in [-0.1, -0.05) is 29.8 Å². The molecule has 1 heterocycles. The van der Waals surface area contributed by atoms with E-state index in [-0.39, 0.29) is 12.0 Å². The van der Waals surface area contributed by atoms with Gasteiger partial charge in [0.15, 0.2) is 0 Å². The quantitative estimate of drug-likeness (QED) is 0.737. The van der Waals surface area contributed by atoms with Crippen molar-refractivity contribution in [2.45, 2.75) is 32.8 Å². The number of carbonyl (C=O) groups excluding carboxylic acids is 1. The number of hydrogen-bond donors (Lipinski definition) is 0. The van der Waals surface area contributed by atoms with Crippen molar-refractivity contribution >= 4 is 21.8 Å². The maximum atomic E-state index is 11.8. The Kier molecular flexibility index (Phi) is 5.61. The monoisotopic (exact) mass is 277 g/mol. The minimum absolute atomic E-state index is 0.168. The molecule has 0 bridgehead atoms. The van der Waals surface area contributed by atoms with Gasteiger partial charge in [0.2, 0.25) is 5.91 Å². The maximum Gasteiger partial charge on any atom is 0.222 e. The molecule has 0 aromatic heterocycles. The van der Waals surface area contributed by atoms with E-state index in [0.29, 0.717) is 18.9 Å². The largest absolute Gasteiger partial charge is 0.374 e. The topological polar surface area (TPSA) is 29.5 Å². The van der Waals surface area contributed by atoms with Crippen molar-refractivity contribution in [1.82, 2.24) is 4.90 Å². The molecular formula is C11H20BrNO2. The van der Waals surface area contributed by atoms with Crippen molar-refractivity contribution < 1.29 is 9.53 Å². The predicted molar refractivity (Wildman–Crippen MR) is 64.2 cm³/mol. The van der Waals surface area contributed by atoms with E-state index in [9.17, 15) is 4.79 Å². The standard InChI is InChI=1S/C11H20BrNO2/c1-9(2)3-4-11(14)13-5-6-15-10(7-12)8-13/h9-10H,3-8H2,1-2H3. The number of morpholine rings is 1. The Morgan fingerprint density at radius 2 is 2.33 bits per heavy atom. The lowest BCUT2D eigenvalue weighted by molar-refractivity contribution is -0.138. The molecule has 0 saturated carbocycles. The lowest BCUT2D eigenvalue weighted by Crippen LogP contribution is -2.46. The van der Waals surface area contributed by atoms with Crippen LogP contribution in [0.25, 0.3) is 0 Å². The Morgan fingerprint density at radius 1 is 1.60 bits per heavy atom. The van der Waals surface area contributed by atoms with E-state index in [4.69, 9.17) is 4.74 Å². The van der Waals surface area contributed by atoms with Gasteiger partial charge in [-0.25, -0.2) is 0 Å². The number of rotatable bonds is 4. The first-order chi connectivity index (χ1) is 7.13. The zero-order valence-electron chi connectivity index (χ0n) is 9.54. The Bertz CT molecular complexity index is 209. The first-order valence-electron chi connectivity index (χ1n) is 5.58. The smallest absolute Gasteiger partial charge is 0.222 e. The Labute approximate surface area is 100 Å². The summed E-state index contributed by atoms with van der Waals surface area (Å²) in [6.07, 6.45) is 1.82. The minimum atomic E-state index is 0.168. The molecule has 15 heavy (non-hydrogen) atoms. The molecule has 1 aliphatic rings. The summed E-state index contributed by atoms with van der Waals surface area (Å²) in [4.78, 5) is 13.7. The van der Waals surface area contributed by atoms with E-state index >= 15 is 0 Å². The van der Waals surface area contributed by atoms with Crippen LogP contribution in [-0.4, -0.2) is 41.9 Å². The van der Waals surface area contributed by atoms with Gasteiger partial charge < -0.3 is 9.64 Å². The molecule has 1 amide bonds. The number of carbonyl (C=O) groups is 1. The Hall–Kier alpha value is -0.0900. The fourth-order valence-electron chi connectivity index (χ4n) is 1.61. The van der Waals surface area contributed by atoms with Crippen LogP contribution in [0.15, 0.2) is 0 Å². The molecule has 1 saturated heterocycles. The van der Waals surface area contributed by atoms with E-state index in [1.54, 1.807) is 0 Å². The van der Waals surface area contributed by atoms with Gasteiger partial charge >= 0.3 is 0 Å². The first-order valence-corrected chi connectivity index (χ1v) is 6.71. The van der Waals surface area contributed by atoms with Crippen LogP contribution in [0.5, 0.6) is 0 Å². The summed E-state index contributed by atoms with van der Waals surface area (Å²) in [7, 11) is 0.